The summed E-state index contributed by atoms with van der Waals surface area (Å²) in [4.78, 5) is 37.9. The molecule has 1 aromatic carbocycles. The third-order valence-corrected chi connectivity index (χ3v) is 9.79. The number of nitrogens with one attached hydrogen (secondary N) is 1. The quantitative estimate of drug-likeness (QED) is 0.205. The van der Waals surface area contributed by atoms with Gasteiger partial charge in [0, 0.05) is 11.4 Å². The van der Waals surface area contributed by atoms with E-state index in [1.165, 1.54) is 60.6 Å². The minimum Gasteiger partial charge on any atom is -0.447 e. The Hall–Kier alpha value is -2.91. The Labute approximate surface area is 230 Å². The van der Waals surface area contributed by atoms with Crippen molar-refractivity contribution in [3.05, 3.63) is 74.5 Å². The van der Waals surface area contributed by atoms with Gasteiger partial charge in [0.15, 0.2) is 10.9 Å². The fourth-order valence-corrected chi connectivity index (χ4v) is 7.78. The highest BCUT2D eigenvalue weighted by Gasteiger charge is 2.23. The number of carbonyl (C=O) groups excluding carboxylic acids is 1. The fraction of sp³-hybridized carbons (Fsp3) is 0.448. The Kier molecular flexibility index (Phi) is 7.65. The zero-order valence-electron chi connectivity index (χ0n) is 21.4. The summed E-state index contributed by atoms with van der Waals surface area (Å²) in [6.07, 6.45) is 11.8. The monoisotopic (exact) mass is 548 g/mol. The number of nitrogens with zero attached hydrogens (tertiary/aromatic N) is 3. The van der Waals surface area contributed by atoms with Crippen LogP contribution in [0.4, 0.5) is 0 Å². The zero-order valence-corrected chi connectivity index (χ0v) is 23.0. The smallest absolute Gasteiger partial charge is 0.273 e. The van der Waals surface area contributed by atoms with E-state index in [0.29, 0.717) is 35.6 Å². The highest BCUT2D eigenvalue weighted by molar-refractivity contribution is 7.98. The van der Waals surface area contributed by atoms with E-state index in [1.54, 1.807) is 15.9 Å². The van der Waals surface area contributed by atoms with Crippen molar-refractivity contribution in [3.8, 4) is 0 Å². The van der Waals surface area contributed by atoms with Crippen LogP contribution in [0.1, 0.15) is 77.3 Å². The first-order valence-corrected chi connectivity index (χ1v) is 15.4. The molecule has 2 aliphatic carbocycles. The van der Waals surface area contributed by atoms with E-state index in [9.17, 15) is 9.59 Å². The molecule has 1 amide bonds. The number of amides is 1. The molecule has 6 rings (SSSR count). The van der Waals surface area contributed by atoms with Gasteiger partial charge in [0.25, 0.3) is 11.5 Å². The van der Waals surface area contributed by atoms with Crippen LogP contribution in [0.25, 0.3) is 10.2 Å². The molecule has 4 aromatic rings. The fourth-order valence-electron chi connectivity index (χ4n) is 5.62. The number of hydrogen-bond acceptors (Lipinski definition) is 7. The van der Waals surface area contributed by atoms with Crippen LogP contribution in [0.2, 0.25) is 0 Å². The molecular formula is C29H32N4O3S2. The average molecular weight is 549 g/mol. The van der Waals surface area contributed by atoms with E-state index in [2.05, 4.69) is 10.3 Å². The second kappa shape index (κ2) is 11.5. The lowest BCUT2D eigenvalue weighted by Gasteiger charge is -2.13. The molecule has 2 aliphatic rings. The molecule has 1 saturated carbocycles. The third kappa shape index (κ3) is 5.45. The highest BCUT2D eigenvalue weighted by atomic mass is 32.2. The molecule has 0 unspecified atom stereocenters. The van der Waals surface area contributed by atoms with Gasteiger partial charge in [-0.2, -0.15) is 0 Å². The zero-order chi connectivity index (χ0) is 25.9. The molecule has 7 nitrogen and oxygen atoms in total. The topological polar surface area (TPSA) is 90.0 Å². The Bertz CT molecular complexity index is 1490. The number of thiophene rings is 1. The number of benzene rings is 1. The molecule has 0 atom stereocenters. The molecular weight excluding hydrogens is 516 g/mol. The van der Waals surface area contributed by atoms with Gasteiger partial charge in [-0.1, -0.05) is 67.8 Å². The van der Waals surface area contributed by atoms with Gasteiger partial charge < -0.3 is 9.73 Å². The maximum absolute atomic E-state index is 13.8. The summed E-state index contributed by atoms with van der Waals surface area (Å²) in [6.45, 7) is 1.12. The lowest BCUT2D eigenvalue weighted by Crippen LogP contribution is -2.26. The van der Waals surface area contributed by atoms with Crippen molar-refractivity contribution < 1.29 is 9.21 Å². The van der Waals surface area contributed by atoms with Gasteiger partial charge in [0.2, 0.25) is 5.89 Å². The second-order valence-corrected chi connectivity index (χ2v) is 12.3. The molecule has 0 spiro atoms. The molecule has 3 aromatic heterocycles. The molecule has 198 valence electrons. The van der Waals surface area contributed by atoms with E-state index in [4.69, 9.17) is 9.40 Å². The molecule has 1 N–H and O–H groups in total. The predicted molar refractivity (Wildman–Crippen MR) is 151 cm³/mol. The average Bonchev–Trinajstić information content (AvgIpc) is 3.70. The van der Waals surface area contributed by atoms with Crippen LogP contribution in [-0.2, 0) is 25.1 Å². The standard InChI is InChI=1S/C29H32N4O3S2/c34-26(30-15-14-19-8-4-5-9-19)22-17-36-24(31-22)18-37-29-32-27-25(21-12-6-7-13-23(21)38-27)28(35)33(29)16-20-10-2-1-3-11-20/h1-3,10-11,17,19H,4-9,12-16,18H2,(H,30,34). The van der Waals surface area contributed by atoms with E-state index in [-0.39, 0.29) is 11.5 Å². The van der Waals surface area contributed by atoms with Crippen molar-refractivity contribution in [2.45, 2.75) is 75.2 Å². The number of rotatable bonds is 9. The van der Waals surface area contributed by atoms with Crippen molar-refractivity contribution in [2.24, 2.45) is 5.92 Å². The van der Waals surface area contributed by atoms with Crippen molar-refractivity contribution in [2.75, 3.05) is 6.54 Å². The maximum atomic E-state index is 13.8. The van der Waals surface area contributed by atoms with Crippen molar-refractivity contribution in [3.63, 3.8) is 0 Å². The normalized spacial score (nSPS) is 15.7. The van der Waals surface area contributed by atoms with Crippen LogP contribution in [-0.4, -0.2) is 27.0 Å². The number of aryl methyl sites for hydroxylation is 2. The number of aromatic nitrogens is 3. The van der Waals surface area contributed by atoms with E-state index < -0.39 is 0 Å². The Morgan fingerprint density at radius 2 is 1.92 bits per heavy atom. The lowest BCUT2D eigenvalue weighted by molar-refractivity contribution is 0.0946. The van der Waals surface area contributed by atoms with Crippen molar-refractivity contribution >= 4 is 39.2 Å². The molecule has 1 fully saturated rings. The van der Waals surface area contributed by atoms with Gasteiger partial charge in [0.05, 0.1) is 17.7 Å². The van der Waals surface area contributed by atoms with Crippen LogP contribution >= 0.6 is 23.1 Å². The predicted octanol–water partition coefficient (Wildman–Crippen LogP) is 5.98. The molecule has 0 bridgehead atoms. The van der Waals surface area contributed by atoms with Gasteiger partial charge in [-0.3, -0.25) is 14.2 Å². The minimum atomic E-state index is -0.201. The van der Waals surface area contributed by atoms with Crippen LogP contribution in [0.5, 0.6) is 0 Å². The maximum Gasteiger partial charge on any atom is 0.273 e. The molecule has 0 radical (unpaired) electrons. The first-order chi connectivity index (χ1) is 18.7. The largest absolute Gasteiger partial charge is 0.447 e. The number of fused-ring (bicyclic) bond motifs is 3. The summed E-state index contributed by atoms with van der Waals surface area (Å²) in [7, 11) is 0. The Morgan fingerprint density at radius 1 is 1.11 bits per heavy atom. The molecule has 38 heavy (non-hydrogen) atoms. The second-order valence-electron chi connectivity index (χ2n) is 10.3. The molecule has 3 heterocycles. The van der Waals surface area contributed by atoms with Crippen LogP contribution in [0.3, 0.4) is 0 Å². The number of thioether (sulfide) groups is 1. The minimum absolute atomic E-state index is 0.0236. The van der Waals surface area contributed by atoms with E-state index >= 15 is 0 Å². The van der Waals surface area contributed by atoms with E-state index in [1.807, 2.05) is 30.3 Å². The number of carbonyl (C=O) groups is 1. The van der Waals surface area contributed by atoms with Crippen molar-refractivity contribution in [1.29, 1.82) is 0 Å². The molecule has 0 aliphatic heterocycles. The van der Waals surface area contributed by atoms with Crippen LogP contribution in [0.15, 0.2) is 51.0 Å². The van der Waals surface area contributed by atoms with Gasteiger partial charge >= 0.3 is 0 Å². The van der Waals surface area contributed by atoms with Crippen molar-refractivity contribution in [1.82, 2.24) is 19.9 Å². The summed E-state index contributed by atoms with van der Waals surface area (Å²) in [5, 5.41) is 4.41. The number of oxazole rings is 1. The van der Waals surface area contributed by atoms with Crippen LogP contribution < -0.4 is 10.9 Å². The summed E-state index contributed by atoms with van der Waals surface area (Å²) >= 11 is 3.08. The molecule has 9 heteroatoms. The number of hydrogen-bond donors (Lipinski definition) is 1. The summed E-state index contributed by atoms with van der Waals surface area (Å²) < 4.78 is 7.41. The highest BCUT2D eigenvalue weighted by Crippen LogP contribution is 2.35. The summed E-state index contributed by atoms with van der Waals surface area (Å²) in [5.74, 6) is 1.36. The van der Waals surface area contributed by atoms with E-state index in [0.717, 1.165) is 47.4 Å². The van der Waals surface area contributed by atoms with Gasteiger partial charge in [0.1, 0.15) is 11.1 Å². The SMILES string of the molecule is O=C(NCCC1CCCC1)c1coc(CSc2nc3sc4c(c3c(=O)n2Cc2ccccc2)CCCC4)n1. The first kappa shape index (κ1) is 25.4. The van der Waals surface area contributed by atoms with Gasteiger partial charge in [-0.05, 0) is 49.1 Å². The summed E-state index contributed by atoms with van der Waals surface area (Å²) in [6, 6.07) is 10.0. The Balaban J connectivity index is 1.20. The lowest BCUT2D eigenvalue weighted by atomic mass is 9.97. The Morgan fingerprint density at radius 3 is 2.76 bits per heavy atom. The first-order valence-electron chi connectivity index (χ1n) is 13.6. The van der Waals surface area contributed by atoms with Crippen LogP contribution in [0, 0.1) is 5.92 Å². The molecule has 0 saturated heterocycles. The summed E-state index contributed by atoms with van der Waals surface area (Å²) in [5.41, 5.74) is 2.57. The third-order valence-electron chi connectivity index (χ3n) is 7.65. The van der Waals surface area contributed by atoms with Gasteiger partial charge in [-0.15, -0.1) is 11.3 Å². The van der Waals surface area contributed by atoms with Gasteiger partial charge in [-0.25, -0.2) is 9.97 Å².